The molecule has 1 fully saturated rings. The zero-order valence-corrected chi connectivity index (χ0v) is 13.8. The molecular weight excluding hydrogens is 260 g/mol. The van der Waals surface area contributed by atoms with Crippen LogP contribution in [0.4, 0.5) is 0 Å². The van der Waals surface area contributed by atoms with Crippen molar-refractivity contribution in [1.82, 2.24) is 10.2 Å². The van der Waals surface area contributed by atoms with Crippen molar-refractivity contribution in [3.05, 3.63) is 29.8 Å². The second kappa shape index (κ2) is 8.40. The quantitative estimate of drug-likeness (QED) is 0.794. The lowest BCUT2D eigenvalue weighted by molar-refractivity contribution is 0.235. The van der Waals surface area contributed by atoms with Crippen molar-refractivity contribution >= 4 is 0 Å². The third-order valence-corrected chi connectivity index (χ3v) is 3.86. The molecule has 1 atom stereocenters. The molecule has 2 rings (SSSR count). The second-order valence-corrected chi connectivity index (χ2v) is 6.34. The summed E-state index contributed by atoms with van der Waals surface area (Å²) in [7, 11) is 0. The number of ether oxygens (including phenoxy) is 1. The lowest BCUT2D eigenvalue weighted by Gasteiger charge is -2.25. The molecule has 0 amide bonds. The van der Waals surface area contributed by atoms with Gasteiger partial charge in [-0.3, -0.25) is 4.90 Å². The van der Waals surface area contributed by atoms with E-state index in [0.717, 1.165) is 25.4 Å². The fourth-order valence-corrected chi connectivity index (χ4v) is 3.02. The SMILES string of the molecule is CCCN(Cc1cccc(OC(C)C)c1)CC1CCCN1. The van der Waals surface area contributed by atoms with Crippen LogP contribution in [0.5, 0.6) is 5.75 Å². The number of hydrogen-bond acceptors (Lipinski definition) is 3. The highest BCUT2D eigenvalue weighted by atomic mass is 16.5. The molecule has 0 bridgehead atoms. The van der Waals surface area contributed by atoms with Gasteiger partial charge in [0.15, 0.2) is 0 Å². The third-order valence-electron chi connectivity index (χ3n) is 3.86. The molecular formula is C18H30N2O. The molecule has 1 heterocycles. The van der Waals surface area contributed by atoms with E-state index in [9.17, 15) is 0 Å². The summed E-state index contributed by atoms with van der Waals surface area (Å²) in [4.78, 5) is 2.57. The molecule has 1 unspecified atom stereocenters. The maximum Gasteiger partial charge on any atom is 0.120 e. The van der Waals surface area contributed by atoms with Crippen LogP contribution in [0.1, 0.15) is 45.6 Å². The van der Waals surface area contributed by atoms with E-state index < -0.39 is 0 Å². The Balaban J connectivity index is 1.94. The van der Waals surface area contributed by atoms with Gasteiger partial charge in [-0.15, -0.1) is 0 Å². The van der Waals surface area contributed by atoms with Gasteiger partial charge in [0, 0.05) is 19.1 Å². The molecule has 118 valence electrons. The average Bonchev–Trinajstić information content (AvgIpc) is 2.91. The molecule has 1 aromatic carbocycles. The van der Waals surface area contributed by atoms with E-state index in [1.165, 1.54) is 31.4 Å². The standard InChI is InChI=1S/C18H30N2O/c1-4-11-20(14-17-8-6-10-19-17)13-16-7-5-9-18(12-16)21-15(2)3/h5,7,9,12,15,17,19H,4,6,8,10-11,13-14H2,1-3H3. The maximum absolute atomic E-state index is 5.80. The van der Waals surface area contributed by atoms with E-state index >= 15 is 0 Å². The molecule has 21 heavy (non-hydrogen) atoms. The first-order valence-corrected chi connectivity index (χ1v) is 8.38. The summed E-state index contributed by atoms with van der Waals surface area (Å²) in [6.45, 7) is 10.9. The van der Waals surface area contributed by atoms with E-state index in [-0.39, 0.29) is 6.10 Å². The fourth-order valence-electron chi connectivity index (χ4n) is 3.02. The predicted molar refractivity (Wildman–Crippen MR) is 88.8 cm³/mol. The summed E-state index contributed by atoms with van der Waals surface area (Å²) in [6, 6.07) is 9.21. The van der Waals surface area contributed by atoms with Crippen molar-refractivity contribution in [2.45, 2.75) is 58.7 Å². The first-order valence-electron chi connectivity index (χ1n) is 8.38. The van der Waals surface area contributed by atoms with Crippen LogP contribution in [-0.2, 0) is 6.54 Å². The van der Waals surface area contributed by atoms with Crippen molar-refractivity contribution < 1.29 is 4.74 Å². The van der Waals surface area contributed by atoms with Crippen molar-refractivity contribution in [1.29, 1.82) is 0 Å². The molecule has 0 saturated carbocycles. The first kappa shape index (κ1) is 16.3. The second-order valence-electron chi connectivity index (χ2n) is 6.34. The normalized spacial score (nSPS) is 18.6. The topological polar surface area (TPSA) is 24.5 Å². The number of hydrogen-bond donors (Lipinski definition) is 1. The highest BCUT2D eigenvalue weighted by Gasteiger charge is 2.17. The van der Waals surface area contributed by atoms with Gasteiger partial charge in [-0.2, -0.15) is 0 Å². The number of benzene rings is 1. The van der Waals surface area contributed by atoms with Crippen LogP contribution < -0.4 is 10.1 Å². The van der Waals surface area contributed by atoms with Crippen LogP contribution in [0.2, 0.25) is 0 Å². The summed E-state index contributed by atoms with van der Waals surface area (Å²) in [5.74, 6) is 0.984. The van der Waals surface area contributed by atoms with Gasteiger partial charge in [0.2, 0.25) is 0 Å². The van der Waals surface area contributed by atoms with Crippen molar-refractivity contribution in [2.24, 2.45) is 0 Å². The van der Waals surface area contributed by atoms with E-state index in [1.54, 1.807) is 0 Å². The minimum absolute atomic E-state index is 0.231. The lowest BCUT2D eigenvalue weighted by atomic mass is 10.1. The molecule has 0 aromatic heterocycles. The molecule has 1 aliphatic rings. The van der Waals surface area contributed by atoms with Crippen molar-refractivity contribution in [3.63, 3.8) is 0 Å². The lowest BCUT2D eigenvalue weighted by Crippen LogP contribution is -2.37. The molecule has 1 aromatic rings. The van der Waals surface area contributed by atoms with Gasteiger partial charge in [0.1, 0.15) is 5.75 Å². The van der Waals surface area contributed by atoms with E-state index in [4.69, 9.17) is 4.74 Å². The van der Waals surface area contributed by atoms with Gasteiger partial charge in [-0.05, 0) is 63.9 Å². The third kappa shape index (κ3) is 5.68. The Bertz CT molecular complexity index is 413. The fraction of sp³-hybridized carbons (Fsp3) is 0.667. The molecule has 3 heteroatoms. The Morgan fingerprint density at radius 1 is 1.38 bits per heavy atom. The van der Waals surface area contributed by atoms with Gasteiger partial charge >= 0.3 is 0 Å². The van der Waals surface area contributed by atoms with Crippen LogP contribution in [0.15, 0.2) is 24.3 Å². The van der Waals surface area contributed by atoms with E-state index in [2.05, 4.69) is 49.2 Å². The summed E-state index contributed by atoms with van der Waals surface area (Å²) in [5, 5.41) is 3.60. The van der Waals surface area contributed by atoms with Gasteiger partial charge in [0.25, 0.3) is 0 Å². The van der Waals surface area contributed by atoms with Crippen LogP contribution >= 0.6 is 0 Å². The highest BCUT2D eigenvalue weighted by molar-refractivity contribution is 5.28. The van der Waals surface area contributed by atoms with E-state index in [0.29, 0.717) is 6.04 Å². The van der Waals surface area contributed by atoms with Gasteiger partial charge in [-0.1, -0.05) is 19.1 Å². The molecule has 3 nitrogen and oxygen atoms in total. The number of rotatable bonds is 8. The van der Waals surface area contributed by atoms with Gasteiger partial charge in [0.05, 0.1) is 6.10 Å². The summed E-state index contributed by atoms with van der Waals surface area (Å²) in [5.41, 5.74) is 1.35. The van der Waals surface area contributed by atoms with Gasteiger partial charge in [-0.25, -0.2) is 0 Å². The number of nitrogens with zero attached hydrogens (tertiary/aromatic N) is 1. The average molecular weight is 290 g/mol. The largest absolute Gasteiger partial charge is 0.491 e. The molecule has 1 aliphatic heterocycles. The first-order chi connectivity index (χ1) is 10.2. The minimum Gasteiger partial charge on any atom is -0.491 e. The summed E-state index contributed by atoms with van der Waals surface area (Å²) >= 11 is 0. The Morgan fingerprint density at radius 2 is 2.24 bits per heavy atom. The molecule has 1 N–H and O–H groups in total. The van der Waals surface area contributed by atoms with Crippen molar-refractivity contribution in [2.75, 3.05) is 19.6 Å². The number of nitrogens with one attached hydrogen (secondary N) is 1. The van der Waals surface area contributed by atoms with Gasteiger partial charge < -0.3 is 10.1 Å². The Labute approximate surface area is 129 Å². The summed E-state index contributed by atoms with van der Waals surface area (Å²) < 4.78 is 5.80. The molecule has 0 aliphatic carbocycles. The van der Waals surface area contributed by atoms with Crippen LogP contribution in [0, 0.1) is 0 Å². The minimum atomic E-state index is 0.231. The zero-order chi connectivity index (χ0) is 15.1. The predicted octanol–water partition coefficient (Wildman–Crippen LogP) is 3.44. The maximum atomic E-state index is 5.80. The van der Waals surface area contributed by atoms with Crippen LogP contribution in [0.25, 0.3) is 0 Å². The Hall–Kier alpha value is -1.06. The van der Waals surface area contributed by atoms with Crippen LogP contribution in [0.3, 0.4) is 0 Å². The monoisotopic (exact) mass is 290 g/mol. The zero-order valence-electron chi connectivity index (χ0n) is 13.8. The highest BCUT2D eigenvalue weighted by Crippen LogP contribution is 2.17. The summed E-state index contributed by atoms with van der Waals surface area (Å²) in [6.07, 6.45) is 4.07. The molecule has 0 radical (unpaired) electrons. The Kier molecular flexibility index (Phi) is 6.52. The smallest absolute Gasteiger partial charge is 0.120 e. The van der Waals surface area contributed by atoms with Crippen LogP contribution in [-0.4, -0.2) is 36.7 Å². The van der Waals surface area contributed by atoms with Crippen molar-refractivity contribution in [3.8, 4) is 5.75 Å². The molecule has 0 spiro atoms. The Morgan fingerprint density at radius 3 is 2.90 bits per heavy atom. The van der Waals surface area contributed by atoms with E-state index in [1.807, 2.05) is 6.07 Å². The molecule has 1 saturated heterocycles.